The van der Waals surface area contributed by atoms with Gasteiger partial charge in [-0.3, -0.25) is 0 Å². The molecule has 0 saturated heterocycles. The van der Waals surface area contributed by atoms with Gasteiger partial charge in [-0.1, -0.05) is 48.6 Å². The van der Waals surface area contributed by atoms with Crippen molar-refractivity contribution in [3.8, 4) is 5.75 Å². The molecule has 0 aliphatic heterocycles. The van der Waals surface area contributed by atoms with Crippen molar-refractivity contribution in [2.75, 3.05) is 6.54 Å². The second-order valence-electron chi connectivity index (χ2n) is 4.89. The molecule has 2 aromatic carbocycles. The first-order chi connectivity index (χ1) is 10.6. The van der Waals surface area contributed by atoms with Crippen LogP contribution in [0.4, 0.5) is 4.79 Å². The first kappa shape index (κ1) is 15.6. The maximum absolute atomic E-state index is 11.5. The van der Waals surface area contributed by atoms with Crippen LogP contribution in [-0.2, 0) is 11.3 Å². The third-order valence-electron chi connectivity index (χ3n) is 3.14. The average Bonchev–Trinajstić information content (AvgIpc) is 2.53. The van der Waals surface area contributed by atoms with Crippen molar-refractivity contribution < 1.29 is 14.6 Å². The van der Waals surface area contributed by atoms with E-state index in [4.69, 9.17) is 4.74 Å². The van der Waals surface area contributed by atoms with E-state index >= 15 is 0 Å². The number of nitrogens with one attached hydrogen (secondary N) is 1. The molecule has 114 valence electrons. The molecular formula is C18H19NO3. The van der Waals surface area contributed by atoms with Crippen LogP contribution in [0, 0.1) is 6.92 Å². The molecule has 2 aromatic rings. The molecule has 0 spiro atoms. The summed E-state index contributed by atoms with van der Waals surface area (Å²) in [6, 6.07) is 14.7. The number of phenols is 1. The largest absolute Gasteiger partial charge is 0.508 e. The van der Waals surface area contributed by atoms with Crippen molar-refractivity contribution in [3.05, 3.63) is 71.3 Å². The summed E-state index contributed by atoms with van der Waals surface area (Å²) in [4.78, 5) is 11.5. The Morgan fingerprint density at radius 3 is 2.77 bits per heavy atom. The second-order valence-corrected chi connectivity index (χ2v) is 4.89. The Bertz CT molecular complexity index is 651. The van der Waals surface area contributed by atoms with Gasteiger partial charge < -0.3 is 15.2 Å². The van der Waals surface area contributed by atoms with Gasteiger partial charge in [0.25, 0.3) is 0 Å². The predicted octanol–water partition coefficient (Wildman–Crippen LogP) is 3.64. The van der Waals surface area contributed by atoms with E-state index in [0.29, 0.717) is 6.54 Å². The minimum Gasteiger partial charge on any atom is -0.508 e. The summed E-state index contributed by atoms with van der Waals surface area (Å²) in [5.74, 6) is 0.223. The molecule has 2 rings (SSSR count). The fourth-order valence-electron chi connectivity index (χ4n) is 1.91. The molecule has 22 heavy (non-hydrogen) atoms. The van der Waals surface area contributed by atoms with Crippen LogP contribution in [0.15, 0.2) is 54.6 Å². The molecule has 2 N–H and O–H groups in total. The highest BCUT2D eigenvalue weighted by Crippen LogP contribution is 2.16. The lowest BCUT2D eigenvalue weighted by molar-refractivity contribution is 0.141. The van der Waals surface area contributed by atoms with Gasteiger partial charge in [-0.2, -0.15) is 0 Å². The van der Waals surface area contributed by atoms with Crippen LogP contribution in [0.5, 0.6) is 5.75 Å². The third-order valence-corrected chi connectivity index (χ3v) is 3.14. The molecule has 4 heteroatoms. The Balaban J connectivity index is 1.75. The number of carbonyl (C=O) groups excluding carboxylic acids is 1. The predicted molar refractivity (Wildman–Crippen MR) is 86.5 cm³/mol. The van der Waals surface area contributed by atoms with Crippen LogP contribution in [0.1, 0.15) is 16.7 Å². The lowest BCUT2D eigenvalue weighted by Gasteiger charge is -2.05. The van der Waals surface area contributed by atoms with Gasteiger partial charge in [0.15, 0.2) is 0 Å². The molecule has 0 aliphatic rings. The maximum atomic E-state index is 11.5. The van der Waals surface area contributed by atoms with Crippen LogP contribution in [-0.4, -0.2) is 17.7 Å². The molecule has 0 bridgehead atoms. The van der Waals surface area contributed by atoms with Crippen molar-refractivity contribution in [2.24, 2.45) is 0 Å². The van der Waals surface area contributed by atoms with E-state index in [1.165, 1.54) is 0 Å². The van der Waals surface area contributed by atoms with Gasteiger partial charge in [-0.25, -0.2) is 4.79 Å². The van der Waals surface area contributed by atoms with E-state index in [-0.39, 0.29) is 12.4 Å². The summed E-state index contributed by atoms with van der Waals surface area (Å²) in [5, 5.41) is 12.1. The number of benzene rings is 2. The lowest BCUT2D eigenvalue weighted by Crippen LogP contribution is -2.24. The topological polar surface area (TPSA) is 58.6 Å². The van der Waals surface area contributed by atoms with E-state index in [0.717, 1.165) is 16.7 Å². The number of aromatic hydroxyl groups is 1. The van der Waals surface area contributed by atoms with Gasteiger partial charge in [-0.15, -0.1) is 0 Å². The highest BCUT2D eigenvalue weighted by atomic mass is 16.5. The number of alkyl carbamates (subject to hydrolysis) is 1. The van der Waals surface area contributed by atoms with E-state index in [1.807, 2.05) is 55.5 Å². The summed E-state index contributed by atoms with van der Waals surface area (Å²) in [5.41, 5.74) is 2.92. The number of aryl methyl sites for hydroxylation is 1. The minimum absolute atomic E-state index is 0.223. The zero-order valence-electron chi connectivity index (χ0n) is 12.5. The maximum Gasteiger partial charge on any atom is 0.407 e. The van der Waals surface area contributed by atoms with Crippen molar-refractivity contribution in [2.45, 2.75) is 13.5 Å². The SMILES string of the molecule is Cc1ccc(O)cc1C=CCNC(=O)OCc1ccccc1. The highest BCUT2D eigenvalue weighted by molar-refractivity contribution is 5.67. The Morgan fingerprint density at radius 2 is 2.00 bits per heavy atom. The fraction of sp³-hybridized carbons (Fsp3) is 0.167. The van der Waals surface area contributed by atoms with Crippen molar-refractivity contribution >= 4 is 12.2 Å². The quantitative estimate of drug-likeness (QED) is 0.886. The van der Waals surface area contributed by atoms with E-state index in [9.17, 15) is 9.90 Å². The van der Waals surface area contributed by atoms with E-state index in [1.54, 1.807) is 12.1 Å². The van der Waals surface area contributed by atoms with Crippen molar-refractivity contribution in [1.82, 2.24) is 5.32 Å². The van der Waals surface area contributed by atoms with Crippen LogP contribution < -0.4 is 5.32 Å². The molecule has 0 aliphatic carbocycles. The van der Waals surface area contributed by atoms with E-state index in [2.05, 4.69) is 5.32 Å². The zero-order chi connectivity index (χ0) is 15.8. The smallest absolute Gasteiger partial charge is 0.407 e. The molecule has 0 radical (unpaired) electrons. The molecule has 4 nitrogen and oxygen atoms in total. The summed E-state index contributed by atoms with van der Waals surface area (Å²) in [6.45, 7) is 2.57. The Hall–Kier alpha value is -2.75. The number of rotatable bonds is 5. The molecule has 0 saturated carbocycles. The Morgan fingerprint density at radius 1 is 1.23 bits per heavy atom. The zero-order valence-corrected chi connectivity index (χ0v) is 12.5. The standard InChI is InChI=1S/C18H19NO3/c1-14-9-10-17(20)12-16(14)8-5-11-19-18(21)22-13-15-6-3-2-4-7-15/h2-10,12,20H,11,13H2,1H3,(H,19,21). The van der Waals surface area contributed by atoms with Crippen molar-refractivity contribution in [3.63, 3.8) is 0 Å². The number of carbonyl (C=O) groups is 1. The van der Waals surface area contributed by atoms with Crippen LogP contribution in [0.3, 0.4) is 0 Å². The monoisotopic (exact) mass is 297 g/mol. The van der Waals surface area contributed by atoms with Gasteiger partial charge in [0.2, 0.25) is 0 Å². The van der Waals surface area contributed by atoms with E-state index < -0.39 is 6.09 Å². The normalized spacial score (nSPS) is 10.6. The summed E-state index contributed by atoms with van der Waals surface area (Å²) in [6.07, 6.45) is 3.21. The molecular weight excluding hydrogens is 278 g/mol. The number of phenolic OH excluding ortho intramolecular Hbond substituents is 1. The van der Waals surface area contributed by atoms with Crippen molar-refractivity contribution in [1.29, 1.82) is 0 Å². The lowest BCUT2D eigenvalue weighted by atomic mass is 10.1. The second kappa shape index (κ2) is 7.88. The van der Waals surface area contributed by atoms with Gasteiger partial charge in [0.1, 0.15) is 12.4 Å². The molecule has 0 fully saturated rings. The number of ether oxygens (including phenoxy) is 1. The molecule has 1 amide bonds. The molecule has 0 heterocycles. The first-order valence-electron chi connectivity index (χ1n) is 7.06. The van der Waals surface area contributed by atoms with Gasteiger partial charge in [0, 0.05) is 6.54 Å². The average molecular weight is 297 g/mol. The van der Waals surface area contributed by atoms with Crippen LogP contribution >= 0.6 is 0 Å². The van der Waals surface area contributed by atoms with Gasteiger partial charge in [0.05, 0.1) is 0 Å². The summed E-state index contributed by atoms with van der Waals surface area (Å²) < 4.78 is 5.10. The molecule has 0 unspecified atom stereocenters. The number of hydrogen-bond acceptors (Lipinski definition) is 3. The Labute approximate surface area is 130 Å². The van der Waals surface area contributed by atoms with Gasteiger partial charge in [-0.05, 0) is 35.7 Å². The summed E-state index contributed by atoms with van der Waals surface area (Å²) >= 11 is 0. The van der Waals surface area contributed by atoms with Crippen LogP contribution in [0.2, 0.25) is 0 Å². The molecule has 0 atom stereocenters. The van der Waals surface area contributed by atoms with Crippen LogP contribution in [0.25, 0.3) is 6.08 Å². The minimum atomic E-state index is -0.457. The fourth-order valence-corrected chi connectivity index (χ4v) is 1.91. The first-order valence-corrected chi connectivity index (χ1v) is 7.06. The summed E-state index contributed by atoms with van der Waals surface area (Å²) in [7, 11) is 0. The Kier molecular flexibility index (Phi) is 5.60. The highest BCUT2D eigenvalue weighted by Gasteiger charge is 2.00. The van der Waals surface area contributed by atoms with Gasteiger partial charge >= 0.3 is 6.09 Å². The third kappa shape index (κ3) is 4.98. The number of hydrogen-bond donors (Lipinski definition) is 2. The number of amides is 1. The molecule has 0 aromatic heterocycles.